The van der Waals surface area contributed by atoms with Gasteiger partial charge in [0.25, 0.3) is 0 Å². The molecule has 1 saturated heterocycles. The Labute approximate surface area is 169 Å². The number of rotatable bonds is 6. The minimum Gasteiger partial charge on any atom is -0.466 e. The number of thioether (sulfide) groups is 1. The van der Waals surface area contributed by atoms with Crippen molar-refractivity contribution >= 4 is 35.1 Å². The third-order valence-electron chi connectivity index (χ3n) is 4.82. The van der Waals surface area contributed by atoms with E-state index in [4.69, 9.17) is 16.3 Å². The van der Waals surface area contributed by atoms with Crippen molar-refractivity contribution in [1.82, 2.24) is 0 Å². The van der Waals surface area contributed by atoms with E-state index in [0.717, 1.165) is 0 Å². The molecule has 142 valence electrons. The smallest absolute Gasteiger partial charge is 0.306 e. The highest BCUT2D eigenvalue weighted by atomic mass is 35.5. The summed E-state index contributed by atoms with van der Waals surface area (Å²) in [5.74, 6) is -0.429. The third kappa shape index (κ3) is 4.94. The minimum absolute atomic E-state index is 0.0499. The SMILES string of the molecule is CCOC(=O)C[C@H]1S[C@@H](c2ccc(C)cc2)C[C@@H]1C(=O)c1cccc(Cl)c1. The number of halogens is 1. The highest BCUT2D eigenvalue weighted by Gasteiger charge is 2.41. The van der Waals surface area contributed by atoms with Crippen molar-refractivity contribution in [2.45, 2.75) is 37.2 Å². The number of Topliss-reactive ketones (excluding diaryl/α,β-unsaturated/α-hetero) is 1. The first-order valence-corrected chi connectivity index (χ1v) is 10.5. The summed E-state index contributed by atoms with van der Waals surface area (Å²) in [7, 11) is 0. The van der Waals surface area contributed by atoms with E-state index in [1.165, 1.54) is 11.1 Å². The Morgan fingerprint density at radius 2 is 1.93 bits per heavy atom. The van der Waals surface area contributed by atoms with Gasteiger partial charge in [-0.2, -0.15) is 0 Å². The maximum Gasteiger partial charge on any atom is 0.306 e. The number of hydrogen-bond acceptors (Lipinski definition) is 4. The normalized spacial score (nSPS) is 21.8. The van der Waals surface area contributed by atoms with Gasteiger partial charge in [0.15, 0.2) is 5.78 Å². The lowest BCUT2D eigenvalue weighted by atomic mass is 9.88. The molecule has 1 aliphatic rings. The fraction of sp³-hybridized carbons (Fsp3) is 0.364. The van der Waals surface area contributed by atoms with Crippen LogP contribution in [0.5, 0.6) is 0 Å². The fourth-order valence-corrected chi connectivity index (χ4v) is 5.35. The quantitative estimate of drug-likeness (QED) is 0.462. The van der Waals surface area contributed by atoms with Crippen molar-refractivity contribution in [3.63, 3.8) is 0 Å². The van der Waals surface area contributed by atoms with Gasteiger partial charge in [-0.25, -0.2) is 0 Å². The second-order valence-electron chi connectivity index (χ2n) is 6.80. The van der Waals surface area contributed by atoms with Gasteiger partial charge in [-0.1, -0.05) is 53.6 Å². The molecule has 5 heteroatoms. The van der Waals surface area contributed by atoms with Crippen LogP contribution in [0.15, 0.2) is 48.5 Å². The number of aryl methyl sites for hydroxylation is 1. The molecule has 3 atom stereocenters. The van der Waals surface area contributed by atoms with Crippen LogP contribution in [0.25, 0.3) is 0 Å². The predicted molar refractivity (Wildman–Crippen MR) is 110 cm³/mol. The summed E-state index contributed by atoms with van der Waals surface area (Å²) in [6.45, 7) is 4.20. The summed E-state index contributed by atoms with van der Waals surface area (Å²) in [5.41, 5.74) is 3.00. The summed E-state index contributed by atoms with van der Waals surface area (Å²) < 4.78 is 5.13. The van der Waals surface area contributed by atoms with Gasteiger partial charge in [0.2, 0.25) is 0 Å². The van der Waals surface area contributed by atoms with Crippen LogP contribution in [-0.4, -0.2) is 23.6 Å². The molecule has 3 nitrogen and oxygen atoms in total. The molecule has 0 unspecified atom stereocenters. The lowest BCUT2D eigenvalue weighted by Gasteiger charge is -2.17. The van der Waals surface area contributed by atoms with Crippen LogP contribution < -0.4 is 0 Å². The van der Waals surface area contributed by atoms with E-state index in [-0.39, 0.29) is 34.6 Å². The Hall–Kier alpha value is -1.78. The molecular weight excluding hydrogens is 380 g/mol. The largest absolute Gasteiger partial charge is 0.466 e. The van der Waals surface area contributed by atoms with Gasteiger partial charge in [-0.15, -0.1) is 11.8 Å². The molecule has 2 aromatic rings. The summed E-state index contributed by atoms with van der Waals surface area (Å²) in [5, 5.41) is 0.642. The molecule has 0 bridgehead atoms. The molecule has 0 saturated carbocycles. The van der Waals surface area contributed by atoms with E-state index in [2.05, 4.69) is 31.2 Å². The third-order valence-corrected chi connectivity index (χ3v) is 6.70. The Balaban J connectivity index is 1.84. The zero-order valence-corrected chi connectivity index (χ0v) is 17.1. The summed E-state index contributed by atoms with van der Waals surface area (Å²) in [6, 6.07) is 15.4. The Morgan fingerprint density at radius 3 is 2.59 bits per heavy atom. The summed E-state index contributed by atoms with van der Waals surface area (Å²) in [6.07, 6.45) is 0.959. The van der Waals surface area contributed by atoms with Crippen molar-refractivity contribution in [3.8, 4) is 0 Å². The second kappa shape index (κ2) is 8.94. The Kier molecular flexibility index (Phi) is 6.61. The predicted octanol–water partition coefficient (Wildman–Crippen LogP) is 5.65. The number of carbonyl (C=O) groups excluding carboxylic acids is 2. The molecule has 0 amide bonds. The molecule has 0 spiro atoms. The molecule has 1 heterocycles. The maximum absolute atomic E-state index is 13.2. The number of hydrogen-bond donors (Lipinski definition) is 0. The molecule has 0 radical (unpaired) electrons. The first-order chi connectivity index (χ1) is 13.0. The van der Waals surface area contributed by atoms with Gasteiger partial charge in [0.1, 0.15) is 0 Å². The van der Waals surface area contributed by atoms with Crippen LogP contribution in [0.4, 0.5) is 0 Å². The van der Waals surface area contributed by atoms with E-state index in [1.54, 1.807) is 43.0 Å². The molecule has 0 N–H and O–H groups in total. The highest BCUT2D eigenvalue weighted by Crippen LogP contribution is 2.50. The van der Waals surface area contributed by atoms with E-state index >= 15 is 0 Å². The van der Waals surface area contributed by atoms with Crippen molar-refractivity contribution in [1.29, 1.82) is 0 Å². The van der Waals surface area contributed by atoms with Crippen molar-refractivity contribution in [2.24, 2.45) is 5.92 Å². The van der Waals surface area contributed by atoms with Gasteiger partial charge in [0.05, 0.1) is 13.0 Å². The second-order valence-corrected chi connectivity index (χ2v) is 8.68. The van der Waals surface area contributed by atoms with E-state index in [1.807, 2.05) is 0 Å². The number of carbonyl (C=O) groups is 2. The number of ether oxygens (including phenoxy) is 1. The topological polar surface area (TPSA) is 43.4 Å². The molecule has 3 rings (SSSR count). The van der Waals surface area contributed by atoms with Crippen LogP contribution in [0, 0.1) is 12.8 Å². The van der Waals surface area contributed by atoms with Crippen LogP contribution in [-0.2, 0) is 9.53 Å². The highest BCUT2D eigenvalue weighted by molar-refractivity contribution is 8.00. The zero-order valence-electron chi connectivity index (χ0n) is 15.5. The Morgan fingerprint density at radius 1 is 1.19 bits per heavy atom. The molecule has 1 aliphatic heterocycles. The lowest BCUT2D eigenvalue weighted by Crippen LogP contribution is -2.25. The van der Waals surface area contributed by atoms with Crippen molar-refractivity contribution in [3.05, 3.63) is 70.2 Å². The molecular formula is C22H23ClO3S. The molecule has 0 aliphatic carbocycles. The fourth-order valence-electron chi connectivity index (χ4n) is 3.45. The first kappa shape index (κ1) is 20.0. The van der Waals surface area contributed by atoms with Gasteiger partial charge in [0, 0.05) is 27.0 Å². The molecule has 2 aromatic carbocycles. The monoisotopic (exact) mass is 402 g/mol. The summed E-state index contributed by atoms with van der Waals surface area (Å²) >= 11 is 7.77. The maximum atomic E-state index is 13.2. The zero-order chi connectivity index (χ0) is 19.4. The van der Waals surface area contributed by atoms with Crippen molar-refractivity contribution < 1.29 is 14.3 Å². The van der Waals surface area contributed by atoms with E-state index < -0.39 is 0 Å². The van der Waals surface area contributed by atoms with Gasteiger partial charge >= 0.3 is 5.97 Å². The summed E-state index contributed by atoms with van der Waals surface area (Å²) in [4.78, 5) is 25.2. The first-order valence-electron chi connectivity index (χ1n) is 9.15. The number of benzene rings is 2. The average Bonchev–Trinajstić information content (AvgIpc) is 3.05. The van der Waals surface area contributed by atoms with Gasteiger partial charge in [-0.3, -0.25) is 9.59 Å². The van der Waals surface area contributed by atoms with E-state index in [0.29, 0.717) is 23.6 Å². The molecule has 1 fully saturated rings. The van der Waals surface area contributed by atoms with Crippen LogP contribution in [0.2, 0.25) is 5.02 Å². The van der Waals surface area contributed by atoms with Gasteiger partial charge in [-0.05, 0) is 38.0 Å². The van der Waals surface area contributed by atoms with Crippen LogP contribution in [0.3, 0.4) is 0 Å². The van der Waals surface area contributed by atoms with E-state index in [9.17, 15) is 9.59 Å². The van der Waals surface area contributed by atoms with Crippen LogP contribution >= 0.6 is 23.4 Å². The number of esters is 1. The van der Waals surface area contributed by atoms with Gasteiger partial charge < -0.3 is 4.74 Å². The standard InChI is InChI=1S/C22H23ClO3S/c1-3-26-21(24)13-20-18(22(25)16-5-4-6-17(23)11-16)12-19(27-20)15-9-7-14(2)8-10-15/h4-11,18-20H,3,12-13H2,1-2H3/t18-,19+,20+/m0/s1. The Bertz CT molecular complexity index is 819. The lowest BCUT2D eigenvalue weighted by molar-refractivity contribution is -0.143. The number of ketones is 1. The minimum atomic E-state index is -0.247. The average molecular weight is 403 g/mol. The van der Waals surface area contributed by atoms with Crippen LogP contribution in [0.1, 0.15) is 46.5 Å². The molecule has 27 heavy (non-hydrogen) atoms. The van der Waals surface area contributed by atoms with Crippen molar-refractivity contribution in [2.75, 3.05) is 6.61 Å². The molecule has 0 aromatic heterocycles.